The molecule has 0 saturated carbocycles. The first-order valence-electron chi connectivity index (χ1n) is 7.73. The zero-order chi connectivity index (χ0) is 16.7. The van der Waals surface area contributed by atoms with Crippen LogP contribution in [0.3, 0.4) is 0 Å². The third-order valence-corrected chi connectivity index (χ3v) is 4.59. The molecular formula is C17H25BO4. The van der Waals surface area contributed by atoms with Crippen LogP contribution in [0.2, 0.25) is 0 Å². The minimum atomic E-state index is -0.416. The van der Waals surface area contributed by atoms with E-state index in [2.05, 4.69) is 0 Å². The lowest BCUT2D eigenvalue weighted by atomic mass is 9.73. The first-order valence-corrected chi connectivity index (χ1v) is 7.73. The second-order valence-corrected chi connectivity index (χ2v) is 6.83. The van der Waals surface area contributed by atoms with E-state index in [9.17, 15) is 4.79 Å². The van der Waals surface area contributed by atoms with Gasteiger partial charge in [0.2, 0.25) is 0 Å². The van der Waals surface area contributed by atoms with Crippen LogP contribution in [0.1, 0.15) is 56.1 Å². The molecule has 0 aromatic heterocycles. The van der Waals surface area contributed by atoms with Crippen LogP contribution >= 0.6 is 0 Å². The number of ether oxygens (including phenoxy) is 1. The fourth-order valence-electron chi connectivity index (χ4n) is 2.64. The van der Waals surface area contributed by atoms with Crippen molar-refractivity contribution < 1.29 is 18.8 Å². The molecular weight excluding hydrogens is 279 g/mol. The fourth-order valence-corrected chi connectivity index (χ4v) is 2.64. The molecule has 0 spiro atoms. The summed E-state index contributed by atoms with van der Waals surface area (Å²) in [5.41, 5.74) is 2.75. The third-order valence-electron chi connectivity index (χ3n) is 4.59. The van der Waals surface area contributed by atoms with Gasteiger partial charge in [0, 0.05) is 0 Å². The maximum Gasteiger partial charge on any atom is 0.495 e. The fraction of sp³-hybridized carbons (Fsp3) is 0.588. The van der Waals surface area contributed by atoms with Gasteiger partial charge in [-0.3, -0.25) is 0 Å². The Bertz CT molecular complexity index is 553. The Labute approximate surface area is 133 Å². The van der Waals surface area contributed by atoms with Crippen molar-refractivity contribution in [2.24, 2.45) is 0 Å². The Hall–Kier alpha value is -1.33. The Morgan fingerprint density at radius 2 is 1.55 bits per heavy atom. The molecule has 1 aliphatic rings. The maximum atomic E-state index is 11.9. The minimum Gasteiger partial charge on any atom is -0.462 e. The van der Waals surface area contributed by atoms with E-state index in [1.165, 1.54) is 0 Å². The van der Waals surface area contributed by atoms with Crippen LogP contribution in [0.4, 0.5) is 0 Å². The molecule has 0 bridgehead atoms. The summed E-state index contributed by atoms with van der Waals surface area (Å²) >= 11 is 0. The van der Waals surface area contributed by atoms with Crippen molar-refractivity contribution in [2.45, 2.75) is 59.7 Å². The highest BCUT2D eigenvalue weighted by atomic mass is 16.7. The summed E-state index contributed by atoms with van der Waals surface area (Å²) < 4.78 is 17.3. The Kier molecular flexibility index (Phi) is 4.42. The topological polar surface area (TPSA) is 44.8 Å². The number of carbonyl (C=O) groups is 1. The van der Waals surface area contributed by atoms with Gasteiger partial charge in [-0.2, -0.15) is 0 Å². The van der Waals surface area contributed by atoms with Crippen molar-refractivity contribution in [3.05, 3.63) is 28.8 Å². The van der Waals surface area contributed by atoms with Gasteiger partial charge in [0.15, 0.2) is 0 Å². The van der Waals surface area contributed by atoms with E-state index in [0.717, 1.165) is 16.6 Å². The van der Waals surface area contributed by atoms with E-state index in [0.29, 0.717) is 12.2 Å². The summed E-state index contributed by atoms with van der Waals surface area (Å²) in [6.07, 6.45) is 0. The predicted octanol–water partition coefficient (Wildman–Crippen LogP) is 2.78. The summed E-state index contributed by atoms with van der Waals surface area (Å²) in [6, 6.07) is 3.68. The molecule has 5 heteroatoms. The normalized spacial score (nSPS) is 19.3. The molecule has 0 amide bonds. The number of hydrogen-bond acceptors (Lipinski definition) is 4. The van der Waals surface area contributed by atoms with Gasteiger partial charge in [0.25, 0.3) is 0 Å². The van der Waals surface area contributed by atoms with Gasteiger partial charge in [0.1, 0.15) is 0 Å². The first kappa shape index (κ1) is 17.0. The van der Waals surface area contributed by atoms with E-state index >= 15 is 0 Å². The number of aryl methyl sites for hydroxylation is 2. The summed E-state index contributed by atoms with van der Waals surface area (Å²) in [5.74, 6) is -0.297. The lowest BCUT2D eigenvalue weighted by Gasteiger charge is -2.32. The van der Waals surface area contributed by atoms with Crippen molar-refractivity contribution in [2.75, 3.05) is 6.61 Å². The quantitative estimate of drug-likeness (QED) is 0.636. The highest BCUT2D eigenvalue weighted by Crippen LogP contribution is 2.37. The smallest absolute Gasteiger partial charge is 0.462 e. The zero-order valence-electron chi connectivity index (χ0n) is 14.6. The van der Waals surface area contributed by atoms with Crippen molar-refractivity contribution >= 4 is 18.6 Å². The maximum absolute atomic E-state index is 11.9. The van der Waals surface area contributed by atoms with Gasteiger partial charge in [0.05, 0.1) is 23.4 Å². The van der Waals surface area contributed by atoms with Gasteiger partial charge in [-0.25, -0.2) is 4.79 Å². The number of benzene rings is 1. The van der Waals surface area contributed by atoms with Gasteiger partial charge < -0.3 is 14.0 Å². The lowest BCUT2D eigenvalue weighted by Crippen LogP contribution is -2.41. The number of hydrogen-bond donors (Lipinski definition) is 0. The molecule has 2 rings (SSSR count). The molecule has 0 aliphatic carbocycles. The van der Waals surface area contributed by atoms with Crippen molar-refractivity contribution in [1.82, 2.24) is 0 Å². The highest BCUT2D eigenvalue weighted by molar-refractivity contribution is 6.63. The molecule has 1 heterocycles. The molecule has 1 saturated heterocycles. The van der Waals surface area contributed by atoms with Gasteiger partial charge in [-0.15, -0.1) is 0 Å². The third kappa shape index (κ3) is 2.92. The second-order valence-electron chi connectivity index (χ2n) is 6.83. The molecule has 0 radical (unpaired) electrons. The molecule has 0 unspecified atom stereocenters. The van der Waals surface area contributed by atoms with E-state index in [4.69, 9.17) is 14.0 Å². The summed E-state index contributed by atoms with van der Waals surface area (Å²) in [7, 11) is -0.416. The average Bonchev–Trinajstić information content (AvgIpc) is 2.57. The SMILES string of the molecule is CCOC(=O)c1cc(C)c(B2OC(C)(C)C(C)(C)O2)c(C)c1. The highest BCUT2D eigenvalue weighted by Gasteiger charge is 2.52. The summed E-state index contributed by atoms with van der Waals surface area (Å²) in [6.45, 7) is 14.2. The molecule has 120 valence electrons. The van der Waals surface area contributed by atoms with Crippen molar-refractivity contribution in [1.29, 1.82) is 0 Å². The van der Waals surface area contributed by atoms with Crippen LogP contribution in [-0.2, 0) is 14.0 Å². The molecule has 0 N–H and O–H groups in total. The Morgan fingerprint density at radius 1 is 1.09 bits per heavy atom. The number of carbonyl (C=O) groups excluding carboxylic acids is 1. The molecule has 0 atom stereocenters. The van der Waals surface area contributed by atoms with Gasteiger partial charge in [-0.05, 0) is 66.1 Å². The second kappa shape index (κ2) is 5.71. The largest absolute Gasteiger partial charge is 0.495 e. The average molecular weight is 304 g/mol. The molecule has 22 heavy (non-hydrogen) atoms. The standard InChI is InChI=1S/C17H25BO4/c1-8-20-15(19)13-9-11(2)14(12(3)10-13)18-21-16(4,5)17(6,7)22-18/h9-10H,8H2,1-7H3. The Balaban J connectivity index is 2.36. The first-order chi connectivity index (χ1) is 10.1. The van der Waals surface area contributed by atoms with E-state index in [-0.39, 0.29) is 17.2 Å². The molecule has 1 fully saturated rings. The number of rotatable bonds is 3. The molecule has 4 nitrogen and oxygen atoms in total. The van der Waals surface area contributed by atoms with Crippen LogP contribution < -0.4 is 5.46 Å². The van der Waals surface area contributed by atoms with Gasteiger partial charge >= 0.3 is 13.1 Å². The van der Waals surface area contributed by atoms with E-state index in [1.807, 2.05) is 53.7 Å². The van der Waals surface area contributed by atoms with Crippen LogP contribution in [0.25, 0.3) is 0 Å². The van der Waals surface area contributed by atoms with Crippen LogP contribution in [0, 0.1) is 13.8 Å². The van der Waals surface area contributed by atoms with Crippen molar-refractivity contribution in [3.8, 4) is 0 Å². The number of esters is 1. The van der Waals surface area contributed by atoms with Crippen LogP contribution in [0.5, 0.6) is 0 Å². The molecule has 1 aromatic rings. The van der Waals surface area contributed by atoms with E-state index < -0.39 is 7.12 Å². The van der Waals surface area contributed by atoms with Crippen molar-refractivity contribution in [3.63, 3.8) is 0 Å². The molecule has 1 aromatic carbocycles. The molecule has 1 aliphatic heterocycles. The summed E-state index contributed by atoms with van der Waals surface area (Å²) in [5, 5.41) is 0. The van der Waals surface area contributed by atoms with Crippen LogP contribution in [0.15, 0.2) is 12.1 Å². The zero-order valence-corrected chi connectivity index (χ0v) is 14.6. The van der Waals surface area contributed by atoms with Gasteiger partial charge in [-0.1, -0.05) is 11.1 Å². The predicted molar refractivity (Wildman–Crippen MR) is 87.6 cm³/mol. The van der Waals surface area contributed by atoms with E-state index in [1.54, 1.807) is 6.92 Å². The van der Waals surface area contributed by atoms with Crippen LogP contribution in [-0.4, -0.2) is 30.9 Å². The lowest BCUT2D eigenvalue weighted by molar-refractivity contribution is 0.00578. The minimum absolute atomic E-state index is 0.297. The Morgan fingerprint density at radius 3 is 1.95 bits per heavy atom. The monoisotopic (exact) mass is 304 g/mol. The summed E-state index contributed by atoms with van der Waals surface area (Å²) in [4.78, 5) is 11.9.